The molecule has 1 aliphatic heterocycles. The molecule has 1 saturated carbocycles. The molecule has 2 rings (SSSR count). The number of rotatable bonds is 14. The molecule has 0 aromatic rings. The van der Waals surface area contributed by atoms with Crippen LogP contribution < -0.4 is 0 Å². The minimum Gasteiger partial charge on any atom is -0.370 e. The van der Waals surface area contributed by atoms with E-state index in [9.17, 15) is 0 Å². The zero-order chi connectivity index (χ0) is 19.0. The largest absolute Gasteiger partial charge is 0.370 e. The molecular weight excluding hydrogens is 328 g/mol. The monoisotopic (exact) mass is 370 g/mol. The van der Waals surface area contributed by atoms with Crippen molar-refractivity contribution in [3.8, 4) is 0 Å². The number of epoxide rings is 1. The summed E-state index contributed by atoms with van der Waals surface area (Å²) in [5.41, 5.74) is -0.109. The molecule has 1 heterocycles. The second-order valence-corrected chi connectivity index (χ2v) is 8.32. The first-order valence-electron chi connectivity index (χ1n) is 10.9. The molecule has 154 valence electrons. The fourth-order valence-corrected chi connectivity index (χ4v) is 5.52. The minimum absolute atomic E-state index is 0.109. The highest BCUT2D eigenvalue weighted by atomic mass is 16.9. The highest BCUT2D eigenvalue weighted by molar-refractivity contribution is 5.01. The summed E-state index contributed by atoms with van der Waals surface area (Å²) >= 11 is 0. The first-order valence-corrected chi connectivity index (χ1v) is 10.9. The fraction of sp³-hybridized carbons (Fsp3) is 1.00. The second-order valence-electron chi connectivity index (χ2n) is 8.32. The Balaban J connectivity index is 2.15. The Morgan fingerprint density at radius 3 is 2.00 bits per heavy atom. The van der Waals surface area contributed by atoms with E-state index in [2.05, 4.69) is 13.8 Å². The highest BCUT2D eigenvalue weighted by Crippen LogP contribution is 2.56. The van der Waals surface area contributed by atoms with E-state index in [-0.39, 0.29) is 5.41 Å². The van der Waals surface area contributed by atoms with Gasteiger partial charge in [-0.05, 0) is 38.0 Å². The molecule has 1 saturated heterocycles. The van der Waals surface area contributed by atoms with Gasteiger partial charge in [-0.15, -0.1) is 0 Å². The summed E-state index contributed by atoms with van der Waals surface area (Å²) < 4.78 is 23.7. The Morgan fingerprint density at radius 2 is 1.42 bits per heavy atom. The van der Waals surface area contributed by atoms with Crippen LogP contribution in [0.5, 0.6) is 0 Å². The van der Waals surface area contributed by atoms with Gasteiger partial charge in [-0.25, -0.2) is 0 Å². The van der Waals surface area contributed by atoms with Gasteiger partial charge in [0, 0.05) is 21.3 Å². The van der Waals surface area contributed by atoms with Crippen molar-refractivity contribution in [1.29, 1.82) is 0 Å². The van der Waals surface area contributed by atoms with Crippen LogP contribution in [0.3, 0.4) is 0 Å². The summed E-state index contributed by atoms with van der Waals surface area (Å²) in [7, 11) is 5.20. The molecule has 0 N–H and O–H groups in total. The number of fused-ring (bicyclic) bond motifs is 1. The Bertz CT molecular complexity index is 387. The fourth-order valence-electron chi connectivity index (χ4n) is 5.52. The molecule has 0 amide bonds. The number of hydrogen-bond donors (Lipinski definition) is 0. The zero-order valence-corrected chi connectivity index (χ0v) is 17.9. The molecule has 2 fully saturated rings. The maximum atomic E-state index is 5.97. The first kappa shape index (κ1) is 22.1. The van der Waals surface area contributed by atoms with Crippen LogP contribution in [0.25, 0.3) is 0 Å². The van der Waals surface area contributed by atoms with Crippen molar-refractivity contribution in [3.63, 3.8) is 0 Å². The number of methoxy groups -OCH3 is 3. The summed E-state index contributed by atoms with van der Waals surface area (Å²) in [5, 5.41) is 0. The topological polar surface area (TPSA) is 40.2 Å². The van der Waals surface area contributed by atoms with Crippen molar-refractivity contribution in [2.45, 2.75) is 109 Å². The van der Waals surface area contributed by atoms with Gasteiger partial charge in [-0.2, -0.15) is 0 Å². The minimum atomic E-state index is -0.960. The average molecular weight is 371 g/mol. The molecule has 1 aliphatic carbocycles. The van der Waals surface area contributed by atoms with Crippen molar-refractivity contribution in [3.05, 3.63) is 0 Å². The van der Waals surface area contributed by atoms with E-state index in [0.29, 0.717) is 18.1 Å². The molecule has 26 heavy (non-hydrogen) atoms. The third kappa shape index (κ3) is 4.63. The maximum Gasteiger partial charge on any atom is 0.288 e. The molecule has 4 unspecified atom stereocenters. The summed E-state index contributed by atoms with van der Waals surface area (Å²) in [5.74, 6) is -0.430. The Hall–Kier alpha value is -0.160. The number of hydrogen-bond acceptors (Lipinski definition) is 4. The Kier molecular flexibility index (Phi) is 8.85. The van der Waals surface area contributed by atoms with Crippen LogP contribution in [-0.2, 0) is 18.9 Å². The van der Waals surface area contributed by atoms with E-state index in [0.717, 1.165) is 25.7 Å². The van der Waals surface area contributed by atoms with Crippen LogP contribution >= 0.6 is 0 Å². The summed E-state index contributed by atoms with van der Waals surface area (Å²) in [6, 6.07) is 0. The molecule has 0 aromatic carbocycles. The first-order chi connectivity index (χ1) is 12.6. The van der Waals surface area contributed by atoms with Crippen LogP contribution in [0, 0.1) is 11.3 Å². The van der Waals surface area contributed by atoms with Crippen LogP contribution in [0.4, 0.5) is 0 Å². The van der Waals surface area contributed by atoms with Gasteiger partial charge < -0.3 is 18.9 Å². The van der Waals surface area contributed by atoms with E-state index in [1.165, 1.54) is 51.4 Å². The van der Waals surface area contributed by atoms with Crippen LogP contribution in [0.1, 0.15) is 90.9 Å². The number of unbranched alkanes of at least 4 members (excludes halogenated alkanes) is 5. The van der Waals surface area contributed by atoms with Gasteiger partial charge >= 0.3 is 0 Å². The molecule has 4 nitrogen and oxygen atoms in total. The van der Waals surface area contributed by atoms with Crippen LogP contribution in [0.2, 0.25) is 0 Å². The smallest absolute Gasteiger partial charge is 0.288 e. The quantitative estimate of drug-likeness (QED) is 0.224. The highest BCUT2D eigenvalue weighted by Gasteiger charge is 2.60. The van der Waals surface area contributed by atoms with Gasteiger partial charge in [0.15, 0.2) is 0 Å². The Morgan fingerprint density at radius 1 is 0.769 bits per heavy atom. The van der Waals surface area contributed by atoms with E-state index >= 15 is 0 Å². The molecule has 4 atom stereocenters. The van der Waals surface area contributed by atoms with Crippen molar-refractivity contribution in [1.82, 2.24) is 0 Å². The van der Waals surface area contributed by atoms with Crippen molar-refractivity contribution < 1.29 is 18.9 Å². The lowest BCUT2D eigenvalue weighted by molar-refractivity contribution is -0.420. The normalized spacial score (nSPS) is 27.8. The molecule has 0 bridgehead atoms. The third-order valence-corrected chi connectivity index (χ3v) is 6.87. The summed E-state index contributed by atoms with van der Waals surface area (Å²) in [6.45, 7) is 4.54. The maximum absolute atomic E-state index is 5.97. The lowest BCUT2D eigenvalue weighted by Gasteiger charge is -2.52. The van der Waals surface area contributed by atoms with E-state index in [4.69, 9.17) is 18.9 Å². The average Bonchev–Trinajstić information content (AvgIpc) is 3.45. The summed E-state index contributed by atoms with van der Waals surface area (Å²) in [4.78, 5) is 0. The molecular formula is C22H42O4. The zero-order valence-electron chi connectivity index (χ0n) is 17.9. The molecule has 0 radical (unpaired) electrons. The molecule has 0 aromatic heterocycles. The van der Waals surface area contributed by atoms with Crippen molar-refractivity contribution in [2.75, 3.05) is 21.3 Å². The third-order valence-electron chi connectivity index (χ3n) is 6.87. The van der Waals surface area contributed by atoms with Gasteiger partial charge in [0.2, 0.25) is 0 Å². The SMILES string of the molecule is CCCCCCCCC(CCC)(C1CCC2OC2C1)C(OC)(OC)OC. The second kappa shape index (κ2) is 10.4. The standard InChI is InChI=1S/C22H42O4/c1-6-8-9-10-11-12-16-21(15-7-2,22(23-3,24-4)25-5)18-13-14-19-20(17-18)26-19/h18-20H,6-17H2,1-5H3. The van der Waals surface area contributed by atoms with Crippen molar-refractivity contribution >= 4 is 0 Å². The van der Waals surface area contributed by atoms with Crippen LogP contribution in [-0.4, -0.2) is 39.5 Å². The summed E-state index contributed by atoms with van der Waals surface area (Å²) in [6.07, 6.45) is 15.6. The number of ether oxygens (including phenoxy) is 4. The van der Waals surface area contributed by atoms with Gasteiger partial charge in [0.05, 0.1) is 17.6 Å². The molecule has 4 heteroatoms. The van der Waals surface area contributed by atoms with Gasteiger partial charge in [-0.1, -0.05) is 58.8 Å². The predicted octanol–water partition coefficient (Wildman–Crippen LogP) is 5.68. The van der Waals surface area contributed by atoms with Crippen LogP contribution in [0.15, 0.2) is 0 Å². The molecule has 2 aliphatic rings. The predicted molar refractivity (Wildman–Crippen MR) is 105 cm³/mol. The van der Waals surface area contributed by atoms with E-state index in [1.54, 1.807) is 21.3 Å². The van der Waals surface area contributed by atoms with Crippen molar-refractivity contribution in [2.24, 2.45) is 11.3 Å². The van der Waals surface area contributed by atoms with E-state index in [1.807, 2.05) is 0 Å². The lowest BCUT2D eigenvalue weighted by Crippen LogP contribution is -2.57. The Labute approximate surface area is 161 Å². The van der Waals surface area contributed by atoms with Gasteiger partial charge in [-0.3, -0.25) is 0 Å². The van der Waals surface area contributed by atoms with E-state index < -0.39 is 5.97 Å². The van der Waals surface area contributed by atoms with Gasteiger partial charge in [0.25, 0.3) is 5.97 Å². The lowest BCUT2D eigenvalue weighted by atomic mass is 9.62. The van der Waals surface area contributed by atoms with Gasteiger partial charge in [0.1, 0.15) is 0 Å². The molecule has 0 spiro atoms.